The summed E-state index contributed by atoms with van der Waals surface area (Å²) in [6.45, 7) is 2.41. The molecule has 7 nitrogen and oxygen atoms in total. The molecule has 2 aliphatic carbocycles. The van der Waals surface area contributed by atoms with Crippen LogP contribution in [0.4, 0.5) is 4.39 Å². The monoisotopic (exact) mass is 429 g/mol. The number of hydrogen-bond acceptors (Lipinski definition) is 7. The van der Waals surface area contributed by atoms with Crippen LogP contribution in [0.15, 0.2) is 40.3 Å². The molecule has 1 aromatic carbocycles. The summed E-state index contributed by atoms with van der Waals surface area (Å²) >= 11 is 1.52. The second kappa shape index (κ2) is 8.37. The zero-order valence-electron chi connectivity index (χ0n) is 16.8. The lowest BCUT2D eigenvalue weighted by Gasteiger charge is -2.30. The van der Waals surface area contributed by atoms with Gasteiger partial charge in [0.25, 0.3) is 0 Å². The Morgan fingerprint density at radius 3 is 2.90 bits per heavy atom. The highest BCUT2D eigenvalue weighted by atomic mass is 32.2. The summed E-state index contributed by atoms with van der Waals surface area (Å²) in [6, 6.07) is 6.67. The van der Waals surface area contributed by atoms with E-state index in [9.17, 15) is 4.39 Å². The third kappa shape index (κ3) is 3.82. The number of hydrogen-bond donors (Lipinski definition) is 0. The summed E-state index contributed by atoms with van der Waals surface area (Å²) in [6.07, 6.45) is 6.66. The van der Waals surface area contributed by atoms with Crippen LogP contribution in [0.1, 0.15) is 50.4 Å². The molecule has 158 valence electrons. The minimum Gasteiger partial charge on any atom is -0.483 e. The molecule has 5 rings (SSSR count). The van der Waals surface area contributed by atoms with Gasteiger partial charge >= 0.3 is 0 Å². The van der Waals surface area contributed by atoms with E-state index in [1.165, 1.54) is 49.8 Å². The van der Waals surface area contributed by atoms with Crippen LogP contribution >= 0.6 is 11.8 Å². The van der Waals surface area contributed by atoms with Crippen molar-refractivity contribution in [2.75, 3.05) is 0 Å². The highest BCUT2D eigenvalue weighted by Gasteiger charge is 2.43. The van der Waals surface area contributed by atoms with Crippen molar-refractivity contribution in [3.05, 3.63) is 48.1 Å². The van der Waals surface area contributed by atoms with Crippen LogP contribution in [0.3, 0.4) is 0 Å². The Balaban J connectivity index is 1.38. The number of ether oxygens (including phenoxy) is 1. The SMILES string of the molecule is CC(C1CC2CCC1C2)n1c(COc2ccccc2F)nnc1SCc1ncno1. The normalized spacial score (nSPS) is 23.7. The molecule has 0 saturated heterocycles. The van der Waals surface area contributed by atoms with E-state index in [2.05, 4.69) is 31.8 Å². The van der Waals surface area contributed by atoms with Gasteiger partial charge in [0.05, 0.1) is 5.75 Å². The number of halogens is 1. The van der Waals surface area contributed by atoms with Crippen LogP contribution < -0.4 is 4.74 Å². The molecule has 0 aliphatic heterocycles. The zero-order chi connectivity index (χ0) is 20.5. The summed E-state index contributed by atoms with van der Waals surface area (Å²) in [5, 5.41) is 13.3. The maximum Gasteiger partial charge on any atom is 0.236 e. The predicted molar refractivity (Wildman–Crippen MR) is 108 cm³/mol. The van der Waals surface area contributed by atoms with E-state index in [1.807, 2.05) is 0 Å². The van der Waals surface area contributed by atoms with Crippen LogP contribution in [-0.2, 0) is 12.4 Å². The lowest BCUT2D eigenvalue weighted by Crippen LogP contribution is -2.24. The molecule has 4 unspecified atom stereocenters. The first kappa shape index (κ1) is 19.5. The van der Waals surface area contributed by atoms with Gasteiger partial charge in [0.1, 0.15) is 6.61 Å². The summed E-state index contributed by atoms with van der Waals surface area (Å²) < 4.78 is 27.0. The van der Waals surface area contributed by atoms with Crippen LogP contribution in [-0.4, -0.2) is 24.9 Å². The van der Waals surface area contributed by atoms with Crippen molar-refractivity contribution in [2.24, 2.45) is 17.8 Å². The van der Waals surface area contributed by atoms with Gasteiger partial charge in [-0.2, -0.15) is 4.98 Å². The maximum atomic E-state index is 14.0. The zero-order valence-corrected chi connectivity index (χ0v) is 17.6. The molecule has 30 heavy (non-hydrogen) atoms. The molecule has 9 heteroatoms. The van der Waals surface area contributed by atoms with E-state index in [0.29, 0.717) is 23.4 Å². The second-order valence-corrected chi connectivity index (χ2v) is 9.13. The Morgan fingerprint density at radius 2 is 2.17 bits per heavy atom. The highest BCUT2D eigenvalue weighted by molar-refractivity contribution is 7.98. The van der Waals surface area contributed by atoms with Crippen molar-refractivity contribution in [1.82, 2.24) is 24.9 Å². The smallest absolute Gasteiger partial charge is 0.236 e. The molecule has 2 aromatic heterocycles. The molecule has 2 saturated carbocycles. The third-order valence-electron chi connectivity index (χ3n) is 6.48. The fourth-order valence-corrected chi connectivity index (χ4v) is 5.97. The van der Waals surface area contributed by atoms with Gasteiger partial charge in [-0.15, -0.1) is 10.2 Å². The number of aromatic nitrogens is 5. The fourth-order valence-electron chi connectivity index (χ4n) is 5.08. The summed E-state index contributed by atoms with van der Waals surface area (Å²) in [5.74, 6) is 3.85. The van der Waals surface area contributed by atoms with Gasteiger partial charge in [0.2, 0.25) is 5.89 Å². The van der Waals surface area contributed by atoms with Crippen molar-refractivity contribution >= 4 is 11.8 Å². The number of nitrogens with zero attached hydrogens (tertiary/aromatic N) is 5. The molecule has 3 aromatic rings. The van der Waals surface area contributed by atoms with E-state index < -0.39 is 0 Å². The standard InChI is InChI=1S/C21H24FN5O2S/c1-13(16-9-14-6-7-15(16)8-14)27-19(10-28-18-5-3-2-4-17(18)22)25-26-21(27)30-11-20-23-12-24-29-20/h2-5,12-16H,6-11H2,1H3. The number of para-hydroxylation sites is 1. The van der Waals surface area contributed by atoms with E-state index in [-0.39, 0.29) is 24.2 Å². The Morgan fingerprint density at radius 1 is 1.27 bits per heavy atom. The molecule has 2 fully saturated rings. The summed E-state index contributed by atoms with van der Waals surface area (Å²) in [5.41, 5.74) is 0. The average Bonchev–Trinajstić information content (AvgIpc) is 3.56. The third-order valence-corrected chi connectivity index (χ3v) is 7.41. The number of rotatable bonds is 8. The van der Waals surface area contributed by atoms with Gasteiger partial charge in [0, 0.05) is 6.04 Å². The number of fused-ring (bicyclic) bond motifs is 2. The van der Waals surface area contributed by atoms with Gasteiger partial charge in [0.15, 0.2) is 28.9 Å². The summed E-state index contributed by atoms with van der Waals surface area (Å²) in [4.78, 5) is 4.08. The van der Waals surface area contributed by atoms with E-state index in [1.54, 1.807) is 18.2 Å². The number of benzene rings is 1. The van der Waals surface area contributed by atoms with Crippen LogP contribution in [0.2, 0.25) is 0 Å². The Labute approximate surface area is 178 Å². The molecule has 2 heterocycles. The summed E-state index contributed by atoms with van der Waals surface area (Å²) in [7, 11) is 0. The predicted octanol–water partition coefficient (Wildman–Crippen LogP) is 4.67. The lowest BCUT2D eigenvalue weighted by atomic mass is 9.84. The second-order valence-electron chi connectivity index (χ2n) is 8.19. The molecule has 0 radical (unpaired) electrons. The molecule has 2 aliphatic rings. The molecular weight excluding hydrogens is 405 g/mol. The number of thioether (sulfide) groups is 1. The van der Waals surface area contributed by atoms with E-state index >= 15 is 0 Å². The van der Waals surface area contributed by atoms with Crippen molar-refractivity contribution in [2.45, 2.75) is 56.2 Å². The van der Waals surface area contributed by atoms with Crippen LogP contribution in [0.5, 0.6) is 5.75 Å². The maximum absolute atomic E-state index is 14.0. The van der Waals surface area contributed by atoms with Crippen LogP contribution in [0.25, 0.3) is 0 Å². The Kier molecular flexibility index (Phi) is 5.45. The highest BCUT2D eigenvalue weighted by Crippen LogP contribution is 2.52. The molecule has 2 bridgehead atoms. The van der Waals surface area contributed by atoms with Gasteiger partial charge in [-0.3, -0.25) is 4.57 Å². The van der Waals surface area contributed by atoms with Gasteiger partial charge in [-0.05, 0) is 56.1 Å². The lowest BCUT2D eigenvalue weighted by molar-refractivity contribution is 0.215. The molecule has 0 amide bonds. The van der Waals surface area contributed by atoms with E-state index in [4.69, 9.17) is 9.26 Å². The molecule has 0 N–H and O–H groups in total. The first-order valence-electron chi connectivity index (χ1n) is 10.4. The van der Waals surface area contributed by atoms with Crippen molar-refractivity contribution in [1.29, 1.82) is 0 Å². The molecule has 4 atom stereocenters. The van der Waals surface area contributed by atoms with Gasteiger partial charge < -0.3 is 9.26 Å². The largest absolute Gasteiger partial charge is 0.483 e. The Hall–Kier alpha value is -2.42. The minimum atomic E-state index is -0.379. The van der Waals surface area contributed by atoms with Crippen molar-refractivity contribution in [3.8, 4) is 5.75 Å². The van der Waals surface area contributed by atoms with Gasteiger partial charge in [-0.25, -0.2) is 4.39 Å². The van der Waals surface area contributed by atoms with Crippen molar-refractivity contribution in [3.63, 3.8) is 0 Å². The van der Waals surface area contributed by atoms with Crippen molar-refractivity contribution < 1.29 is 13.7 Å². The fraction of sp³-hybridized carbons (Fsp3) is 0.524. The quantitative estimate of drug-likeness (QED) is 0.482. The topological polar surface area (TPSA) is 78.9 Å². The minimum absolute atomic E-state index is 0.167. The molecule has 0 spiro atoms. The Bertz CT molecular complexity index is 995. The first-order chi connectivity index (χ1) is 14.7. The molecular formula is C21H24FN5O2S. The average molecular weight is 430 g/mol. The van der Waals surface area contributed by atoms with Crippen LogP contribution in [0, 0.1) is 23.6 Å². The van der Waals surface area contributed by atoms with E-state index in [0.717, 1.165) is 17.0 Å². The first-order valence-corrected chi connectivity index (χ1v) is 11.4. The van der Waals surface area contributed by atoms with Gasteiger partial charge in [-0.1, -0.05) is 35.5 Å².